The molecule has 2 aromatic heterocycles. The largest absolute Gasteiger partial charge is 0.298 e. The number of amides is 1. The van der Waals surface area contributed by atoms with Crippen LogP contribution in [-0.2, 0) is 11.8 Å². The van der Waals surface area contributed by atoms with Crippen LogP contribution in [0.2, 0.25) is 0 Å². The van der Waals surface area contributed by atoms with Crippen molar-refractivity contribution in [3.8, 4) is 0 Å². The van der Waals surface area contributed by atoms with Gasteiger partial charge >= 0.3 is 0 Å². The number of carbonyl (C=O) groups excluding carboxylic acids is 1. The molecule has 0 aliphatic heterocycles. The molecule has 0 saturated carbocycles. The number of aryl methyl sites for hydroxylation is 2. The zero-order valence-electron chi connectivity index (χ0n) is 9.54. The maximum atomic E-state index is 11.5. The van der Waals surface area contributed by atoms with E-state index in [1.165, 1.54) is 17.4 Å². The molecule has 0 unspecified atom stereocenters. The fourth-order valence-electron chi connectivity index (χ4n) is 1.26. The molecule has 88 valence electrons. The van der Waals surface area contributed by atoms with Crippen LogP contribution in [0, 0.1) is 6.92 Å². The van der Waals surface area contributed by atoms with Crippen molar-refractivity contribution in [2.24, 2.45) is 7.05 Å². The Labute approximate surface area is 103 Å². The second-order valence-corrected chi connectivity index (χ2v) is 4.42. The molecular weight excluding hydrogens is 236 g/mol. The molecular formula is C11H12N4OS. The molecule has 0 aromatic carbocycles. The molecule has 0 atom stereocenters. The van der Waals surface area contributed by atoms with Crippen molar-refractivity contribution in [3.63, 3.8) is 0 Å². The minimum atomic E-state index is -0.191. The van der Waals surface area contributed by atoms with Crippen molar-refractivity contribution in [2.45, 2.75) is 6.92 Å². The summed E-state index contributed by atoms with van der Waals surface area (Å²) in [4.78, 5) is 15.7. The summed E-state index contributed by atoms with van der Waals surface area (Å²) in [5, 5.41) is 9.20. The normalized spacial score (nSPS) is 10.9. The van der Waals surface area contributed by atoms with Gasteiger partial charge in [-0.15, -0.1) is 11.3 Å². The summed E-state index contributed by atoms with van der Waals surface area (Å²) in [6.07, 6.45) is 6.70. The second kappa shape index (κ2) is 4.92. The summed E-state index contributed by atoms with van der Waals surface area (Å²) in [5.41, 5.74) is 1.79. The van der Waals surface area contributed by atoms with Gasteiger partial charge in [0.25, 0.3) is 0 Å². The van der Waals surface area contributed by atoms with E-state index in [1.807, 2.05) is 25.5 Å². The van der Waals surface area contributed by atoms with Gasteiger partial charge in [0.1, 0.15) is 0 Å². The van der Waals surface area contributed by atoms with Crippen LogP contribution in [0.3, 0.4) is 0 Å². The summed E-state index contributed by atoms with van der Waals surface area (Å²) in [6.45, 7) is 1.89. The lowest BCUT2D eigenvalue weighted by Gasteiger charge is -1.94. The Balaban J connectivity index is 1.95. The van der Waals surface area contributed by atoms with Gasteiger partial charge in [0.2, 0.25) is 5.91 Å². The monoisotopic (exact) mass is 248 g/mol. The van der Waals surface area contributed by atoms with Gasteiger partial charge in [-0.25, -0.2) is 4.98 Å². The fraction of sp³-hybridized carbons (Fsp3) is 0.182. The number of rotatable bonds is 3. The van der Waals surface area contributed by atoms with E-state index in [-0.39, 0.29) is 5.91 Å². The van der Waals surface area contributed by atoms with E-state index < -0.39 is 0 Å². The summed E-state index contributed by atoms with van der Waals surface area (Å²) >= 11 is 1.41. The third kappa shape index (κ3) is 3.25. The number of hydrogen-bond donors (Lipinski definition) is 1. The van der Waals surface area contributed by atoms with Gasteiger partial charge in [-0.2, -0.15) is 5.10 Å². The predicted octanol–water partition coefficient (Wildman–Crippen LogP) is 1.84. The Hall–Kier alpha value is -1.95. The maximum absolute atomic E-state index is 11.5. The molecule has 0 fully saturated rings. The molecule has 2 rings (SSSR count). The molecule has 2 heterocycles. The van der Waals surface area contributed by atoms with Gasteiger partial charge in [-0.3, -0.25) is 14.8 Å². The van der Waals surface area contributed by atoms with Crippen LogP contribution in [0.5, 0.6) is 0 Å². The minimum absolute atomic E-state index is 0.191. The molecule has 0 saturated heterocycles. The fourth-order valence-corrected chi connectivity index (χ4v) is 1.95. The van der Waals surface area contributed by atoms with Gasteiger partial charge < -0.3 is 0 Å². The van der Waals surface area contributed by atoms with E-state index in [2.05, 4.69) is 15.4 Å². The van der Waals surface area contributed by atoms with Gasteiger partial charge in [0, 0.05) is 30.3 Å². The molecule has 1 N–H and O–H groups in total. The van der Waals surface area contributed by atoms with Crippen molar-refractivity contribution in [1.82, 2.24) is 14.8 Å². The topological polar surface area (TPSA) is 59.8 Å². The van der Waals surface area contributed by atoms with E-state index in [4.69, 9.17) is 0 Å². The number of aromatic nitrogens is 3. The van der Waals surface area contributed by atoms with Gasteiger partial charge in [-0.1, -0.05) is 0 Å². The zero-order valence-corrected chi connectivity index (χ0v) is 10.4. The van der Waals surface area contributed by atoms with E-state index >= 15 is 0 Å². The lowest BCUT2D eigenvalue weighted by atomic mass is 10.3. The third-order valence-electron chi connectivity index (χ3n) is 2.00. The molecule has 6 heteroatoms. The van der Waals surface area contributed by atoms with Gasteiger partial charge in [0.15, 0.2) is 5.13 Å². The number of nitrogens with one attached hydrogen (secondary N) is 1. The van der Waals surface area contributed by atoms with E-state index in [0.717, 1.165) is 11.3 Å². The Morgan fingerprint density at radius 1 is 1.59 bits per heavy atom. The van der Waals surface area contributed by atoms with Crippen LogP contribution in [0.25, 0.3) is 6.08 Å². The van der Waals surface area contributed by atoms with Crippen molar-refractivity contribution < 1.29 is 4.79 Å². The van der Waals surface area contributed by atoms with Crippen LogP contribution in [0.1, 0.15) is 11.3 Å². The Morgan fingerprint density at radius 2 is 2.41 bits per heavy atom. The van der Waals surface area contributed by atoms with Crippen molar-refractivity contribution in [3.05, 3.63) is 35.1 Å². The quantitative estimate of drug-likeness (QED) is 0.843. The predicted molar refractivity (Wildman–Crippen MR) is 67.7 cm³/mol. The molecule has 1 amide bonds. The van der Waals surface area contributed by atoms with Crippen LogP contribution >= 0.6 is 11.3 Å². The standard InChI is InChI=1S/C11H12N4OS/c1-8-7-17-11(13-8)14-10(16)4-3-9-5-12-15(2)6-9/h3-7H,1-2H3,(H,13,14,16)/b4-3+. The van der Waals surface area contributed by atoms with Crippen molar-refractivity contribution in [1.29, 1.82) is 0 Å². The molecule has 0 aliphatic carbocycles. The minimum Gasteiger partial charge on any atom is -0.298 e. The number of carbonyl (C=O) groups is 1. The van der Waals surface area contributed by atoms with Crippen LogP contribution in [0.15, 0.2) is 23.8 Å². The molecule has 0 radical (unpaired) electrons. The lowest BCUT2D eigenvalue weighted by molar-refractivity contribution is -0.111. The highest BCUT2D eigenvalue weighted by Crippen LogP contribution is 2.14. The highest BCUT2D eigenvalue weighted by atomic mass is 32.1. The van der Waals surface area contributed by atoms with Gasteiger partial charge in [-0.05, 0) is 13.0 Å². The number of thiazole rings is 1. The number of nitrogens with zero attached hydrogens (tertiary/aromatic N) is 3. The summed E-state index contributed by atoms with van der Waals surface area (Å²) in [7, 11) is 1.83. The average molecular weight is 248 g/mol. The number of hydrogen-bond acceptors (Lipinski definition) is 4. The molecule has 5 nitrogen and oxygen atoms in total. The highest BCUT2D eigenvalue weighted by molar-refractivity contribution is 7.13. The molecule has 17 heavy (non-hydrogen) atoms. The lowest BCUT2D eigenvalue weighted by Crippen LogP contribution is -2.07. The molecule has 0 spiro atoms. The van der Waals surface area contributed by atoms with E-state index in [9.17, 15) is 4.79 Å². The van der Waals surface area contributed by atoms with E-state index in [1.54, 1.807) is 17.0 Å². The van der Waals surface area contributed by atoms with E-state index in [0.29, 0.717) is 5.13 Å². The zero-order chi connectivity index (χ0) is 12.3. The first-order valence-corrected chi connectivity index (χ1v) is 5.91. The molecule has 0 aliphatic rings. The Kier molecular flexibility index (Phi) is 3.34. The highest BCUT2D eigenvalue weighted by Gasteiger charge is 2.01. The Bertz CT molecular complexity index is 555. The smallest absolute Gasteiger partial charge is 0.250 e. The van der Waals surface area contributed by atoms with Crippen molar-refractivity contribution >= 4 is 28.5 Å². The summed E-state index contributed by atoms with van der Waals surface area (Å²) in [6, 6.07) is 0. The second-order valence-electron chi connectivity index (χ2n) is 3.56. The first kappa shape index (κ1) is 11.5. The first-order valence-electron chi connectivity index (χ1n) is 5.03. The third-order valence-corrected chi connectivity index (χ3v) is 2.88. The van der Waals surface area contributed by atoms with Crippen LogP contribution in [-0.4, -0.2) is 20.7 Å². The maximum Gasteiger partial charge on any atom is 0.250 e. The van der Waals surface area contributed by atoms with Crippen molar-refractivity contribution in [2.75, 3.05) is 5.32 Å². The number of anilines is 1. The molecule has 2 aromatic rings. The molecule has 0 bridgehead atoms. The van der Waals surface area contributed by atoms with Crippen LogP contribution < -0.4 is 5.32 Å². The first-order chi connectivity index (χ1) is 8.13. The van der Waals surface area contributed by atoms with Gasteiger partial charge in [0.05, 0.1) is 11.9 Å². The van der Waals surface area contributed by atoms with Crippen LogP contribution in [0.4, 0.5) is 5.13 Å². The summed E-state index contributed by atoms with van der Waals surface area (Å²) in [5.74, 6) is -0.191. The Morgan fingerprint density at radius 3 is 3.00 bits per heavy atom. The average Bonchev–Trinajstić information content (AvgIpc) is 2.85. The SMILES string of the molecule is Cc1csc(NC(=O)/C=C/c2cnn(C)c2)n1. The summed E-state index contributed by atoms with van der Waals surface area (Å²) < 4.78 is 1.68.